The van der Waals surface area contributed by atoms with Gasteiger partial charge in [-0.05, 0) is 30.0 Å². The zero-order valence-corrected chi connectivity index (χ0v) is 11.7. The smallest absolute Gasteiger partial charge is 0.251 e. The Bertz CT molecular complexity index is 576. The molecule has 0 aliphatic heterocycles. The maximum absolute atomic E-state index is 13.5. The van der Waals surface area contributed by atoms with Crippen molar-refractivity contribution >= 4 is 22.9 Å². The SMILES string of the molecule is CNc1c(F)cc(C(=O)NCCc2cccs2)cc1F. The van der Waals surface area contributed by atoms with E-state index in [0.29, 0.717) is 13.0 Å². The van der Waals surface area contributed by atoms with Gasteiger partial charge in [0.05, 0.1) is 0 Å². The lowest BCUT2D eigenvalue weighted by Crippen LogP contribution is -2.25. The maximum Gasteiger partial charge on any atom is 0.251 e. The minimum Gasteiger partial charge on any atom is -0.383 e. The van der Waals surface area contributed by atoms with Crippen molar-refractivity contribution in [3.8, 4) is 0 Å². The molecule has 0 bridgehead atoms. The van der Waals surface area contributed by atoms with Crippen molar-refractivity contribution in [2.24, 2.45) is 0 Å². The van der Waals surface area contributed by atoms with Crippen molar-refractivity contribution in [2.45, 2.75) is 6.42 Å². The highest BCUT2D eigenvalue weighted by molar-refractivity contribution is 7.09. The summed E-state index contributed by atoms with van der Waals surface area (Å²) in [7, 11) is 1.42. The second-order valence-electron chi connectivity index (χ2n) is 4.15. The second-order valence-corrected chi connectivity index (χ2v) is 5.18. The summed E-state index contributed by atoms with van der Waals surface area (Å²) in [5.41, 5.74) is -0.259. The molecule has 1 aromatic carbocycles. The van der Waals surface area contributed by atoms with Gasteiger partial charge in [0.15, 0.2) is 0 Å². The van der Waals surface area contributed by atoms with Crippen molar-refractivity contribution < 1.29 is 13.6 Å². The Morgan fingerprint density at radius 2 is 2.00 bits per heavy atom. The molecule has 20 heavy (non-hydrogen) atoms. The first kappa shape index (κ1) is 14.5. The molecule has 0 saturated heterocycles. The normalized spacial score (nSPS) is 10.3. The van der Waals surface area contributed by atoms with Crippen molar-refractivity contribution in [2.75, 3.05) is 18.9 Å². The summed E-state index contributed by atoms with van der Waals surface area (Å²) in [5, 5.41) is 7.01. The van der Waals surface area contributed by atoms with Gasteiger partial charge in [-0.15, -0.1) is 11.3 Å². The fraction of sp³-hybridized carbons (Fsp3) is 0.214. The van der Waals surface area contributed by atoms with Crippen LogP contribution in [0.4, 0.5) is 14.5 Å². The molecule has 0 radical (unpaired) electrons. The summed E-state index contributed by atoms with van der Waals surface area (Å²) in [6.07, 6.45) is 0.697. The van der Waals surface area contributed by atoms with E-state index >= 15 is 0 Å². The van der Waals surface area contributed by atoms with Crippen molar-refractivity contribution in [1.82, 2.24) is 5.32 Å². The number of rotatable bonds is 5. The van der Waals surface area contributed by atoms with Gasteiger partial charge in [0.2, 0.25) is 0 Å². The third kappa shape index (κ3) is 3.33. The third-order valence-electron chi connectivity index (χ3n) is 2.79. The van der Waals surface area contributed by atoms with Crippen LogP contribution in [0.5, 0.6) is 0 Å². The van der Waals surface area contributed by atoms with Gasteiger partial charge in [-0.2, -0.15) is 0 Å². The summed E-state index contributed by atoms with van der Waals surface area (Å²) in [4.78, 5) is 13.0. The van der Waals surface area contributed by atoms with Crippen molar-refractivity contribution in [3.05, 3.63) is 51.7 Å². The van der Waals surface area contributed by atoms with E-state index in [0.717, 1.165) is 17.0 Å². The Morgan fingerprint density at radius 1 is 1.30 bits per heavy atom. The van der Waals surface area contributed by atoms with Gasteiger partial charge in [-0.1, -0.05) is 6.07 Å². The monoisotopic (exact) mass is 296 g/mol. The number of hydrogen-bond acceptors (Lipinski definition) is 3. The summed E-state index contributed by atoms with van der Waals surface area (Å²) < 4.78 is 27.1. The van der Waals surface area contributed by atoms with E-state index in [4.69, 9.17) is 0 Å². The first-order chi connectivity index (χ1) is 9.61. The minimum atomic E-state index is -0.782. The average Bonchev–Trinajstić information content (AvgIpc) is 2.91. The van der Waals surface area contributed by atoms with Gasteiger partial charge in [0.25, 0.3) is 5.91 Å². The fourth-order valence-corrected chi connectivity index (χ4v) is 2.51. The van der Waals surface area contributed by atoms with E-state index in [2.05, 4.69) is 10.6 Å². The molecule has 0 aliphatic carbocycles. The number of hydrogen-bond donors (Lipinski definition) is 2. The van der Waals surface area contributed by atoms with Crippen LogP contribution >= 0.6 is 11.3 Å². The Morgan fingerprint density at radius 3 is 2.55 bits per heavy atom. The van der Waals surface area contributed by atoms with Crippen LogP contribution in [-0.4, -0.2) is 19.5 Å². The molecule has 0 unspecified atom stereocenters. The zero-order chi connectivity index (χ0) is 14.5. The van der Waals surface area contributed by atoms with E-state index in [9.17, 15) is 13.6 Å². The van der Waals surface area contributed by atoms with Crippen LogP contribution in [0.15, 0.2) is 29.6 Å². The first-order valence-corrected chi connectivity index (χ1v) is 6.97. The molecule has 1 heterocycles. The standard InChI is InChI=1S/C14H14F2N2OS/c1-17-13-11(15)7-9(8-12(13)16)14(19)18-5-4-10-3-2-6-20-10/h2-3,6-8,17H,4-5H2,1H3,(H,18,19). The Labute approximate surface area is 119 Å². The van der Waals surface area contributed by atoms with Crippen LogP contribution in [0.25, 0.3) is 0 Å². The molecular formula is C14H14F2N2OS. The Balaban J connectivity index is 1.99. The number of carbonyl (C=O) groups is 1. The molecule has 2 aromatic rings. The lowest BCUT2D eigenvalue weighted by Gasteiger charge is -2.08. The molecule has 0 atom stereocenters. The molecule has 0 spiro atoms. The minimum absolute atomic E-state index is 0.0230. The van der Waals surface area contributed by atoms with Crippen LogP contribution in [0.1, 0.15) is 15.2 Å². The van der Waals surface area contributed by atoms with Gasteiger partial charge in [-0.3, -0.25) is 4.79 Å². The molecular weight excluding hydrogens is 282 g/mol. The number of nitrogens with one attached hydrogen (secondary N) is 2. The highest BCUT2D eigenvalue weighted by atomic mass is 32.1. The van der Waals surface area contributed by atoms with Gasteiger partial charge in [0, 0.05) is 24.0 Å². The molecule has 0 saturated carbocycles. The quantitative estimate of drug-likeness (QED) is 0.890. The summed E-state index contributed by atoms with van der Waals surface area (Å²) >= 11 is 1.60. The van der Waals surface area contributed by atoms with Gasteiger partial charge >= 0.3 is 0 Å². The Hall–Kier alpha value is -1.95. The maximum atomic E-state index is 13.5. The number of benzene rings is 1. The molecule has 3 nitrogen and oxygen atoms in total. The molecule has 6 heteroatoms. The molecule has 106 valence electrons. The van der Waals surface area contributed by atoms with E-state index < -0.39 is 17.5 Å². The molecule has 0 fully saturated rings. The topological polar surface area (TPSA) is 41.1 Å². The fourth-order valence-electron chi connectivity index (χ4n) is 1.80. The van der Waals surface area contributed by atoms with Crippen molar-refractivity contribution in [3.63, 3.8) is 0 Å². The van der Waals surface area contributed by atoms with Crippen LogP contribution < -0.4 is 10.6 Å². The Kier molecular flexibility index (Phi) is 4.68. The third-order valence-corrected chi connectivity index (χ3v) is 3.73. The van der Waals surface area contributed by atoms with Crippen LogP contribution in [0.3, 0.4) is 0 Å². The number of anilines is 1. The summed E-state index contributed by atoms with van der Waals surface area (Å²) in [6.45, 7) is 0.427. The highest BCUT2D eigenvalue weighted by Gasteiger charge is 2.14. The number of amides is 1. The lowest BCUT2D eigenvalue weighted by molar-refractivity contribution is 0.0953. The van der Waals surface area contributed by atoms with E-state index in [1.165, 1.54) is 7.05 Å². The predicted octanol–water partition coefficient (Wildman–Crippen LogP) is 3.04. The van der Waals surface area contributed by atoms with Crippen LogP contribution in [-0.2, 0) is 6.42 Å². The number of carbonyl (C=O) groups excluding carboxylic acids is 1. The molecule has 2 N–H and O–H groups in total. The molecule has 2 rings (SSSR count). The molecule has 1 amide bonds. The van der Waals surface area contributed by atoms with Crippen LogP contribution in [0.2, 0.25) is 0 Å². The number of halogens is 2. The molecule has 1 aromatic heterocycles. The average molecular weight is 296 g/mol. The highest BCUT2D eigenvalue weighted by Crippen LogP contribution is 2.20. The van der Waals surface area contributed by atoms with Crippen LogP contribution in [0, 0.1) is 11.6 Å². The summed E-state index contributed by atoms with van der Waals surface area (Å²) in [6, 6.07) is 5.95. The van der Waals surface area contributed by atoms with Crippen molar-refractivity contribution in [1.29, 1.82) is 0 Å². The van der Waals surface area contributed by atoms with Gasteiger partial charge in [0.1, 0.15) is 17.3 Å². The van der Waals surface area contributed by atoms with E-state index in [1.807, 2.05) is 17.5 Å². The van der Waals surface area contributed by atoms with Gasteiger partial charge in [-0.25, -0.2) is 8.78 Å². The predicted molar refractivity (Wildman–Crippen MR) is 76.3 cm³/mol. The lowest BCUT2D eigenvalue weighted by atomic mass is 10.1. The second kappa shape index (κ2) is 6.47. The summed E-state index contributed by atoms with van der Waals surface area (Å²) in [5.74, 6) is -2.05. The van der Waals surface area contributed by atoms with Gasteiger partial charge < -0.3 is 10.6 Å². The number of thiophene rings is 1. The largest absolute Gasteiger partial charge is 0.383 e. The zero-order valence-electron chi connectivity index (χ0n) is 10.9. The first-order valence-electron chi connectivity index (χ1n) is 6.09. The van der Waals surface area contributed by atoms with E-state index in [1.54, 1.807) is 11.3 Å². The van der Waals surface area contributed by atoms with E-state index in [-0.39, 0.29) is 11.3 Å². The molecule has 0 aliphatic rings.